The van der Waals surface area contributed by atoms with Gasteiger partial charge in [-0.2, -0.15) is 0 Å². The van der Waals surface area contributed by atoms with Gasteiger partial charge in [0.2, 0.25) is 10.9 Å². The third-order valence-electron chi connectivity index (χ3n) is 3.33. The summed E-state index contributed by atoms with van der Waals surface area (Å²) in [6.07, 6.45) is 2.28. The first kappa shape index (κ1) is 14.9. The molecule has 1 aromatic rings. The summed E-state index contributed by atoms with van der Waals surface area (Å²) in [6, 6.07) is 0. The first-order chi connectivity index (χ1) is 8.52. The highest BCUT2D eigenvalue weighted by atomic mass is 16.2. The van der Waals surface area contributed by atoms with Gasteiger partial charge in [0.15, 0.2) is 0 Å². The standard InChI is InChI=1S/C14H24N2O2/c1-5-7-16(8-6-2)10-9-15(4)12-11(3)13(17)14(12)18/h5-10H2,1-4H3. The smallest absolute Gasteiger partial charge is 0.249 e. The zero-order valence-corrected chi connectivity index (χ0v) is 12.0. The highest BCUT2D eigenvalue weighted by Gasteiger charge is 2.20. The monoisotopic (exact) mass is 252 g/mol. The van der Waals surface area contributed by atoms with E-state index in [4.69, 9.17) is 0 Å². The zero-order chi connectivity index (χ0) is 13.7. The number of hydrogen-bond donors (Lipinski definition) is 0. The van der Waals surface area contributed by atoms with E-state index in [0.29, 0.717) is 11.3 Å². The molecule has 4 nitrogen and oxygen atoms in total. The fraction of sp³-hybridized carbons (Fsp3) is 0.714. The molecule has 0 aliphatic heterocycles. The Labute approximate surface area is 109 Å². The SMILES string of the molecule is CCCN(CCC)CCN(C)c1c(C)c(=O)c1=O. The van der Waals surface area contributed by atoms with Crippen molar-refractivity contribution in [2.75, 3.05) is 38.1 Å². The lowest BCUT2D eigenvalue weighted by molar-refractivity contribution is 0.281. The highest BCUT2D eigenvalue weighted by molar-refractivity contribution is 5.57. The number of hydrogen-bond acceptors (Lipinski definition) is 4. The van der Waals surface area contributed by atoms with E-state index in [1.165, 1.54) is 0 Å². The van der Waals surface area contributed by atoms with Crippen molar-refractivity contribution in [1.82, 2.24) is 4.90 Å². The summed E-state index contributed by atoms with van der Waals surface area (Å²) >= 11 is 0. The minimum absolute atomic E-state index is 0.323. The van der Waals surface area contributed by atoms with Gasteiger partial charge in [0.05, 0.1) is 5.69 Å². The summed E-state index contributed by atoms with van der Waals surface area (Å²) in [7, 11) is 1.89. The van der Waals surface area contributed by atoms with Crippen LogP contribution in [0, 0.1) is 6.92 Å². The van der Waals surface area contributed by atoms with Crippen molar-refractivity contribution in [3.63, 3.8) is 0 Å². The van der Waals surface area contributed by atoms with Gasteiger partial charge in [-0.3, -0.25) is 9.59 Å². The molecule has 0 radical (unpaired) electrons. The van der Waals surface area contributed by atoms with Crippen LogP contribution in [-0.2, 0) is 0 Å². The normalized spacial score (nSPS) is 11.4. The molecule has 0 unspecified atom stereocenters. The average Bonchev–Trinajstić information content (AvgIpc) is 2.36. The Morgan fingerprint density at radius 2 is 1.44 bits per heavy atom. The van der Waals surface area contributed by atoms with Crippen molar-refractivity contribution in [3.8, 4) is 0 Å². The molecule has 0 heterocycles. The molecule has 0 aromatic heterocycles. The van der Waals surface area contributed by atoms with E-state index in [9.17, 15) is 9.59 Å². The van der Waals surface area contributed by atoms with E-state index < -0.39 is 0 Å². The molecule has 0 aliphatic carbocycles. The second-order valence-electron chi connectivity index (χ2n) is 4.90. The van der Waals surface area contributed by atoms with Crippen LogP contribution in [0.1, 0.15) is 32.3 Å². The largest absolute Gasteiger partial charge is 0.370 e. The summed E-state index contributed by atoms with van der Waals surface area (Å²) in [5.74, 6) is 0. The third-order valence-corrected chi connectivity index (χ3v) is 3.33. The topological polar surface area (TPSA) is 40.6 Å². The molecular weight excluding hydrogens is 228 g/mol. The van der Waals surface area contributed by atoms with Crippen LogP contribution in [0.4, 0.5) is 5.69 Å². The number of rotatable bonds is 8. The molecular formula is C14H24N2O2. The fourth-order valence-corrected chi connectivity index (χ4v) is 2.32. The molecule has 0 amide bonds. The first-order valence-electron chi connectivity index (χ1n) is 6.76. The van der Waals surface area contributed by atoms with E-state index in [2.05, 4.69) is 18.7 Å². The second-order valence-corrected chi connectivity index (χ2v) is 4.90. The van der Waals surface area contributed by atoms with Crippen molar-refractivity contribution in [1.29, 1.82) is 0 Å². The van der Waals surface area contributed by atoms with Crippen LogP contribution in [0.15, 0.2) is 9.59 Å². The van der Waals surface area contributed by atoms with Gasteiger partial charge >= 0.3 is 0 Å². The quantitative estimate of drug-likeness (QED) is 0.651. The Balaban J connectivity index is 2.53. The first-order valence-corrected chi connectivity index (χ1v) is 6.76. The Morgan fingerprint density at radius 3 is 1.89 bits per heavy atom. The van der Waals surface area contributed by atoms with Gasteiger partial charge in [0, 0.05) is 25.7 Å². The van der Waals surface area contributed by atoms with Gasteiger partial charge in [-0.1, -0.05) is 13.8 Å². The van der Waals surface area contributed by atoms with Gasteiger partial charge in [-0.15, -0.1) is 0 Å². The maximum atomic E-state index is 11.4. The van der Waals surface area contributed by atoms with Crippen LogP contribution < -0.4 is 15.8 Å². The summed E-state index contributed by atoms with van der Waals surface area (Å²) in [5.41, 5.74) is 0.566. The summed E-state index contributed by atoms with van der Waals surface area (Å²) in [6.45, 7) is 9.99. The Kier molecular flexibility index (Phi) is 5.54. The molecule has 1 rings (SSSR count). The third kappa shape index (κ3) is 3.19. The molecule has 0 spiro atoms. The summed E-state index contributed by atoms with van der Waals surface area (Å²) in [4.78, 5) is 26.9. The van der Waals surface area contributed by atoms with E-state index in [1.807, 2.05) is 11.9 Å². The maximum Gasteiger partial charge on any atom is 0.249 e. The van der Waals surface area contributed by atoms with Crippen LogP contribution in [0.5, 0.6) is 0 Å². The molecule has 1 aromatic carbocycles. The molecule has 4 heteroatoms. The number of nitrogens with zero attached hydrogens (tertiary/aromatic N) is 2. The average molecular weight is 252 g/mol. The maximum absolute atomic E-state index is 11.4. The van der Waals surface area contributed by atoms with Gasteiger partial charge in [-0.05, 0) is 32.9 Å². The lowest BCUT2D eigenvalue weighted by atomic mass is 10.1. The minimum atomic E-state index is -0.326. The fourth-order valence-electron chi connectivity index (χ4n) is 2.32. The Bertz CT molecular complexity index is 441. The predicted molar refractivity (Wildman–Crippen MR) is 76.4 cm³/mol. The number of likely N-dealkylation sites (N-methyl/N-ethyl adjacent to an activating group) is 1. The Morgan fingerprint density at radius 1 is 0.889 bits per heavy atom. The van der Waals surface area contributed by atoms with Crippen molar-refractivity contribution >= 4 is 5.69 Å². The highest BCUT2D eigenvalue weighted by Crippen LogP contribution is 2.10. The molecule has 0 aliphatic rings. The van der Waals surface area contributed by atoms with Gasteiger partial charge in [-0.25, -0.2) is 0 Å². The van der Waals surface area contributed by atoms with Crippen LogP contribution in [0.3, 0.4) is 0 Å². The predicted octanol–water partition coefficient (Wildman–Crippen LogP) is 1.15. The summed E-state index contributed by atoms with van der Waals surface area (Å²) in [5, 5.41) is 0. The molecule has 0 bridgehead atoms. The minimum Gasteiger partial charge on any atom is -0.370 e. The van der Waals surface area contributed by atoms with E-state index >= 15 is 0 Å². The van der Waals surface area contributed by atoms with Gasteiger partial charge in [0.25, 0.3) is 0 Å². The molecule has 102 valence electrons. The van der Waals surface area contributed by atoms with E-state index in [1.54, 1.807) is 6.92 Å². The molecule has 0 fully saturated rings. The Hall–Kier alpha value is -1.16. The molecule has 0 atom stereocenters. The molecule has 0 saturated carbocycles. The van der Waals surface area contributed by atoms with E-state index in [-0.39, 0.29) is 10.9 Å². The molecule has 18 heavy (non-hydrogen) atoms. The number of anilines is 1. The van der Waals surface area contributed by atoms with Crippen molar-refractivity contribution < 1.29 is 0 Å². The van der Waals surface area contributed by atoms with Crippen LogP contribution >= 0.6 is 0 Å². The van der Waals surface area contributed by atoms with Crippen LogP contribution in [0.2, 0.25) is 0 Å². The van der Waals surface area contributed by atoms with Crippen LogP contribution in [-0.4, -0.2) is 38.1 Å². The van der Waals surface area contributed by atoms with Crippen molar-refractivity contribution in [3.05, 3.63) is 26.0 Å². The van der Waals surface area contributed by atoms with Crippen molar-refractivity contribution in [2.24, 2.45) is 0 Å². The van der Waals surface area contributed by atoms with Gasteiger partial charge in [0.1, 0.15) is 0 Å². The second kappa shape index (κ2) is 6.69. The van der Waals surface area contributed by atoms with E-state index in [0.717, 1.165) is 39.0 Å². The lowest BCUT2D eigenvalue weighted by Crippen LogP contribution is -2.43. The molecule has 0 saturated heterocycles. The van der Waals surface area contributed by atoms with Crippen molar-refractivity contribution in [2.45, 2.75) is 33.6 Å². The van der Waals surface area contributed by atoms with Gasteiger partial charge < -0.3 is 9.80 Å². The lowest BCUT2D eigenvalue weighted by Gasteiger charge is -2.27. The molecule has 0 N–H and O–H groups in total. The van der Waals surface area contributed by atoms with Crippen LogP contribution in [0.25, 0.3) is 0 Å². The zero-order valence-electron chi connectivity index (χ0n) is 12.0. The summed E-state index contributed by atoms with van der Waals surface area (Å²) < 4.78 is 0.